The zero-order valence-electron chi connectivity index (χ0n) is 9.19. The van der Waals surface area contributed by atoms with Gasteiger partial charge in [0.1, 0.15) is 5.54 Å². The summed E-state index contributed by atoms with van der Waals surface area (Å²) in [6.07, 6.45) is 0.493. The van der Waals surface area contributed by atoms with Crippen molar-refractivity contribution in [2.45, 2.75) is 25.8 Å². The van der Waals surface area contributed by atoms with Crippen LogP contribution in [0.25, 0.3) is 0 Å². The molecular weight excluding hydrogens is 190 g/mol. The third-order valence-electron chi connectivity index (χ3n) is 2.16. The normalized spacial score (nSPS) is 14.3. The first-order chi connectivity index (χ1) is 7.06. The Labute approximate surface area is 90.2 Å². The molecule has 15 heavy (non-hydrogen) atoms. The number of carbonyl (C=O) groups is 1. The fraction of sp³-hybridized carbons (Fsp3) is 0.417. The molecule has 0 unspecified atom stereocenters. The summed E-state index contributed by atoms with van der Waals surface area (Å²) in [6.45, 7) is 3.83. The van der Waals surface area contributed by atoms with E-state index in [1.807, 2.05) is 30.3 Å². The van der Waals surface area contributed by atoms with Crippen molar-refractivity contribution in [3.05, 3.63) is 35.9 Å². The van der Waals surface area contributed by atoms with Crippen molar-refractivity contribution in [2.24, 2.45) is 5.73 Å². The zero-order chi connectivity index (χ0) is 11.3. The molecule has 0 aliphatic carbocycles. The molecule has 0 aliphatic heterocycles. The van der Waals surface area contributed by atoms with Crippen molar-refractivity contribution in [2.75, 3.05) is 6.61 Å². The molecule has 0 bridgehead atoms. The quantitative estimate of drug-likeness (QED) is 0.761. The molecular formula is C12H17NO2. The highest BCUT2D eigenvalue weighted by molar-refractivity contribution is 5.80. The Hall–Kier alpha value is -1.35. The highest BCUT2D eigenvalue weighted by atomic mass is 16.5. The van der Waals surface area contributed by atoms with Gasteiger partial charge in [0.25, 0.3) is 0 Å². The summed E-state index contributed by atoms with van der Waals surface area (Å²) < 4.78 is 4.91. The lowest BCUT2D eigenvalue weighted by Gasteiger charge is -2.22. The van der Waals surface area contributed by atoms with Gasteiger partial charge in [0, 0.05) is 6.42 Å². The number of hydrogen-bond donors (Lipinski definition) is 1. The average Bonchev–Trinajstić information content (AvgIpc) is 2.19. The van der Waals surface area contributed by atoms with Gasteiger partial charge in [-0.05, 0) is 19.4 Å². The zero-order valence-corrected chi connectivity index (χ0v) is 9.19. The Morgan fingerprint density at radius 1 is 1.40 bits per heavy atom. The maximum Gasteiger partial charge on any atom is 0.326 e. The van der Waals surface area contributed by atoms with Gasteiger partial charge in [-0.1, -0.05) is 30.3 Å². The van der Waals surface area contributed by atoms with E-state index in [1.54, 1.807) is 13.8 Å². The summed E-state index contributed by atoms with van der Waals surface area (Å²) in [4.78, 5) is 11.5. The highest BCUT2D eigenvalue weighted by Gasteiger charge is 2.29. The predicted octanol–water partition coefficient (Wildman–Crippen LogP) is 1.51. The van der Waals surface area contributed by atoms with Crippen LogP contribution in [0, 0.1) is 0 Å². The van der Waals surface area contributed by atoms with Crippen molar-refractivity contribution in [1.82, 2.24) is 0 Å². The van der Waals surface area contributed by atoms with Gasteiger partial charge in [0.15, 0.2) is 0 Å². The van der Waals surface area contributed by atoms with Crippen LogP contribution >= 0.6 is 0 Å². The van der Waals surface area contributed by atoms with E-state index in [-0.39, 0.29) is 5.97 Å². The number of esters is 1. The molecule has 0 saturated heterocycles. The Kier molecular flexibility index (Phi) is 3.86. The topological polar surface area (TPSA) is 52.3 Å². The Bertz CT molecular complexity index is 320. The van der Waals surface area contributed by atoms with Crippen molar-refractivity contribution >= 4 is 5.97 Å². The third kappa shape index (κ3) is 3.36. The second-order valence-corrected chi connectivity index (χ2v) is 3.80. The highest BCUT2D eigenvalue weighted by Crippen LogP contribution is 2.12. The molecule has 0 saturated carbocycles. The largest absolute Gasteiger partial charge is 0.465 e. The third-order valence-corrected chi connectivity index (χ3v) is 2.16. The Morgan fingerprint density at radius 2 is 2.00 bits per heavy atom. The summed E-state index contributed by atoms with van der Waals surface area (Å²) in [5, 5.41) is 0. The number of rotatable bonds is 4. The second-order valence-electron chi connectivity index (χ2n) is 3.80. The van der Waals surface area contributed by atoms with Crippen LogP contribution in [0.15, 0.2) is 30.3 Å². The fourth-order valence-corrected chi connectivity index (χ4v) is 1.39. The number of benzene rings is 1. The van der Waals surface area contributed by atoms with E-state index >= 15 is 0 Å². The van der Waals surface area contributed by atoms with E-state index < -0.39 is 5.54 Å². The number of nitrogens with two attached hydrogens (primary N) is 1. The first-order valence-electron chi connectivity index (χ1n) is 5.06. The second kappa shape index (κ2) is 4.94. The molecule has 1 aromatic rings. The van der Waals surface area contributed by atoms with Crippen LogP contribution in [0.3, 0.4) is 0 Å². The number of hydrogen-bond acceptors (Lipinski definition) is 3. The molecule has 3 nitrogen and oxygen atoms in total. The average molecular weight is 207 g/mol. The molecule has 0 heterocycles. The van der Waals surface area contributed by atoms with Gasteiger partial charge in [-0.25, -0.2) is 0 Å². The predicted molar refractivity (Wildman–Crippen MR) is 59.4 cm³/mol. The van der Waals surface area contributed by atoms with E-state index in [4.69, 9.17) is 10.5 Å². The smallest absolute Gasteiger partial charge is 0.326 e. The van der Waals surface area contributed by atoms with Gasteiger partial charge in [0.2, 0.25) is 0 Å². The van der Waals surface area contributed by atoms with Crippen molar-refractivity contribution in [3.63, 3.8) is 0 Å². The van der Waals surface area contributed by atoms with Gasteiger partial charge < -0.3 is 10.5 Å². The molecule has 0 radical (unpaired) electrons. The molecule has 0 amide bonds. The molecule has 0 fully saturated rings. The van der Waals surface area contributed by atoms with E-state index in [9.17, 15) is 4.79 Å². The fourth-order valence-electron chi connectivity index (χ4n) is 1.39. The summed E-state index contributed by atoms with van der Waals surface area (Å²) in [5.74, 6) is -0.353. The first-order valence-corrected chi connectivity index (χ1v) is 5.06. The molecule has 0 aromatic heterocycles. The maximum atomic E-state index is 11.5. The van der Waals surface area contributed by atoms with Crippen LogP contribution in [-0.2, 0) is 16.0 Å². The lowest BCUT2D eigenvalue weighted by Crippen LogP contribution is -2.48. The lowest BCUT2D eigenvalue weighted by atomic mass is 9.94. The Morgan fingerprint density at radius 3 is 2.53 bits per heavy atom. The lowest BCUT2D eigenvalue weighted by molar-refractivity contribution is -0.148. The minimum Gasteiger partial charge on any atom is -0.465 e. The van der Waals surface area contributed by atoms with Crippen molar-refractivity contribution < 1.29 is 9.53 Å². The van der Waals surface area contributed by atoms with E-state index in [0.29, 0.717) is 13.0 Å². The van der Waals surface area contributed by atoms with Crippen molar-refractivity contribution in [3.8, 4) is 0 Å². The maximum absolute atomic E-state index is 11.5. The number of ether oxygens (including phenoxy) is 1. The van der Waals surface area contributed by atoms with Gasteiger partial charge in [-0.2, -0.15) is 0 Å². The van der Waals surface area contributed by atoms with Crippen LogP contribution < -0.4 is 5.73 Å². The van der Waals surface area contributed by atoms with Crippen molar-refractivity contribution in [1.29, 1.82) is 0 Å². The minimum absolute atomic E-state index is 0.353. The first kappa shape index (κ1) is 11.7. The van der Waals surface area contributed by atoms with Gasteiger partial charge in [-0.3, -0.25) is 4.79 Å². The molecule has 82 valence electrons. The summed E-state index contributed by atoms with van der Waals surface area (Å²) >= 11 is 0. The molecule has 1 aromatic carbocycles. The Balaban J connectivity index is 2.68. The van der Waals surface area contributed by atoms with Crippen LogP contribution in [-0.4, -0.2) is 18.1 Å². The number of carbonyl (C=O) groups excluding carboxylic acids is 1. The van der Waals surface area contributed by atoms with Gasteiger partial charge in [-0.15, -0.1) is 0 Å². The van der Waals surface area contributed by atoms with Gasteiger partial charge >= 0.3 is 5.97 Å². The van der Waals surface area contributed by atoms with Crippen LogP contribution in [0.2, 0.25) is 0 Å². The van der Waals surface area contributed by atoms with Crippen LogP contribution in [0.5, 0.6) is 0 Å². The minimum atomic E-state index is -0.947. The standard InChI is InChI=1S/C12H17NO2/c1-3-15-11(14)12(2,13)9-10-7-5-4-6-8-10/h4-8H,3,9,13H2,1-2H3/t12-/m1/s1. The molecule has 0 aliphatic rings. The summed E-state index contributed by atoms with van der Waals surface area (Å²) in [7, 11) is 0. The van der Waals surface area contributed by atoms with Crippen LogP contribution in [0.1, 0.15) is 19.4 Å². The molecule has 1 atom stereocenters. The van der Waals surface area contributed by atoms with E-state index in [1.165, 1.54) is 0 Å². The van der Waals surface area contributed by atoms with Crippen LogP contribution in [0.4, 0.5) is 0 Å². The summed E-state index contributed by atoms with van der Waals surface area (Å²) in [5.41, 5.74) is 5.99. The monoisotopic (exact) mass is 207 g/mol. The van der Waals surface area contributed by atoms with Gasteiger partial charge in [0.05, 0.1) is 6.61 Å². The molecule has 2 N–H and O–H groups in total. The van der Waals surface area contributed by atoms with E-state index in [0.717, 1.165) is 5.56 Å². The molecule has 1 rings (SSSR count). The SMILES string of the molecule is CCOC(=O)[C@](C)(N)Cc1ccccc1. The molecule has 3 heteroatoms. The van der Waals surface area contributed by atoms with E-state index in [2.05, 4.69) is 0 Å². The molecule has 0 spiro atoms. The summed E-state index contributed by atoms with van der Waals surface area (Å²) in [6, 6.07) is 9.68.